The molecule has 0 saturated carbocycles. The van der Waals surface area contributed by atoms with Gasteiger partial charge in [-0.05, 0) is 38.1 Å². The summed E-state index contributed by atoms with van der Waals surface area (Å²) in [5.41, 5.74) is -0.134. The van der Waals surface area contributed by atoms with Crippen molar-refractivity contribution in [1.82, 2.24) is 5.32 Å². The molecule has 0 fully saturated rings. The Morgan fingerprint density at radius 1 is 1.04 bits per heavy atom. The Balaban J connectivity index is 2.21. The molecule has 2 aromatic rings. The first-order valence-corrected chi connectivity index (χ1v) is 7.22. The number of ether oxygens (including phenoxy) is 1. The molecule has 1 amide bonds. The Morgan fingerprint density at radius 3 is 2.30 bits per heavy atom. The Kier molecular flexibility index (Phi) is 5.13. The van der Waals surface area contributed by atoms with E-state index in [-0.39, 0.29) is 17.9 Å². The molecule has 0 spiro atoms. The second-order valence-corrected chi connectivity index (χ2v) is 5.75. The topological polar surface area (TPSA) is 75.6 Å². The number of hydrogen-bond acceptors (Lipinski definition) is 4. The first kappa shape index (κ1) is 16.7. The summed E-state index contributed by atoms with van der Waals surface area (Å²) >= 11 is 0. The molecule has 120 valence electrons. The normalized spacial score (nSPS) is 10.9. The maximum atomic E-state index is 12.3. The molecule has 23 heavy (non-hydrogen) atoms. The molecule has 0 atom stereocenters. The summed E-state index contributed by atoms with van der Waals surface area (Å²) in [4.78, 5) is 24.5. The van der Waals surface area contributed by atoms with Crippen molar-refractivity contribution in [1.29, 1.82) is 0 Å². The van der Waals surface area contributed by atoms with E-state index in [2.05, 4.69) is 5.32 Å². The lowest BCUT2D eigenvalue weighted by Crippen LogP contribution is -2.46. The zero-order chi connectivity index (χ0) is 16.9. The van der Waals surface area contributed by atoms with E-state index in [1.807, 2.05) is 0 Å². The van der Waals surface area contributed by atoms with Crippen LogP contribution in [0.4, 0.5) is 0 Å². The maximum absolute atomic E-state index is 12.3. The third-order valence-electron chi connectivity index (χ3n) is 3.19. The molecule has 0 heterocycles. The van der Waals surface area contributed by atoms with Gasteiger partial charge >= 0.3 is 5.97 Å². The van der Waals surface area contributed by atoms with Gasteiger partial charge in [-0.15, -0.1) is 0 Å². The van der Waals surface area contributed by atoms with Crippen LogP contribution in [0.1, 0.15) is 34.6 Å². The van der Waals surface area contributed by atoms with Crippen molar-refractivity contribution in [3.8, 4) is 5.75 Å². The highest BCUT2D eigenvalue weighted by Crippen LogP contribution is 2.20. The first-order chi connectivity index (χ1) is 10.9. The molecule has 0 aliphatic heterocycles. The van der Waals surface area contributed by atoms with Crippen molar-refractivity contribution in [2.45, 2.75) is 19.4 Å². The lowest BCUT2D eigenvalue weighted by atomic mass is 10.1. The SMILES string of the molecule is CC(C)(CO)NC(=O)c1ccccc1OC(=O)c1ccccc1. The van der Waals surface area contributed by atoms with E-state index in [0.717, 1.165) is 0 Å². The zero-order valence-corrected chi connectivity index (χ0v) is 13.1. The molecule has 2 N–H and O–H groups in total. The van der Waals surface area contributed by atoms with Gasteiger partial charge in [0.25, 0.3) is 5.91 Å². The van der Waals surface area contributed by atoms with Gasteiger partial charge in [-0.2, -0.15) is 0 Å². The predicted molar refractivity (Wildman–Crippen MR) is 86.5 cm³/mol. The van der Waals surface area contributed by atoms with Crippen molar-refractivity contribution in [2.24, 2.45) is 0 Å². The molecule has 5 heteroatoms. The zero-order valence-electron chi connectivity index (χ0n) is 13.1. The van der Waals surface area contributed by atoms with E-state index in [1.54, 1.807) is 68.4 Å². The van der Waals surface area contributed by atoms with Crippen LogP contribution >= 0.6 is 0 Å². The van der Waals surface area contributed by atoms with Crippen LogP contribution < -0.4 is 10.1 Å². The van der Waals surface area contributed by atoms with E-state index in [4.69, 9.17) is 4.74 Å². The molecule has 0 unspecified atom stereocenters. The second kappa shape index (κ2) is 7.07. The van der Waals surface area contributed by atoms with Gasteiger partial charge in [0, 0.05) is 0 Å². The van der Waals surface area contributed by atoms with Crippen LogP contribution in [-0.4, -0.2) is 29.1 Å². The molecule has 0 aliphatic carbocycles. The van der Waals surface area contributed by atoms with Gasteiger partial charge in [0.2, 0.25) is 0 Å². The molecule has 5 nitrogen and oxygen atoms in total. The van der Waals surface area contributed by atoms with Crippen molar-refractivity contribution in [3.63, 3.8) is 0 Å². The minimum absolute atomic E-state index is 0.174. The standard InChI is InChI=1S/C18H19NO4/c1-18(2,12-20)19-16(21)14-10-6-7-11-15(14)23-17(22)13-8-4-3-5-9-13/h3-11,20H,12H2,1-2H3,(H,19,21). The van der Waals surface area contributed by atoms with Crippen LogP contribution in [-0.2, 0) is 0 Å². The summed E-state index contributed by atoms with van der Waals surface area (Å²) in [6.45, 7) is 3.19. The van der Waals surface area contributed by atoms with Gasteiger partial charge in [0.05, 0.1) is 23.3 Å². The molecule has 0 radical (unpaired) electrons. The molecule has 2 rings (SSSR count). The van der Waals surface area contributed by atoms with E-state index in [0.29, 0.717) is 5.56 Å². The number of aliphatic hydroxyl groups is 1. The number of amides is 1. The Hall–Kier alpha value is -2.66. The monoisotopic (exact) mass is 313 g/mol. The number of hydrogen-bond donors (Lipinski definition) is 2. The number of benzene rings is 2. The Morgan fingerprint density at radius 2 is 1.65 bits per heavy atom. The highest BCUT2D eigenvalue weighted by molar-refractivity contribution is 5.99. The first-order valence-electron chi connectivity index (χ1n) is 7.22. The number of rotatable bonds is 5. The molecule has 0 bridgehead atoms. The van der Waals surface area contributed by atoms with E-state index in [1.165, 1.54) is 0 Å². The largest absolute Gasteiger partial charge is 0.422 e. The van der Waals surface area contributed by atoms with Gasteiger partial charge < -0.3 is 15.2 Å². The number of carbonyl (C=O) groups excluding carboxylic acids is 2. The van der Waals surface area contributed by atoms with Crippen LogP contribution in [0.15, 0.2) is 54.6 Å². The van der Waals surface area contributed by atoms with Gasteiger partial charge in [-0.25, -0.2) is 4.79 Å². The fourth-order valence-corrected chi connectivity index (χ4v) is 1.89. The van der Waals surface area contributed by atoms with Crippen LogP contribution in [0.5, 0.6) is 5.75 Å². The van der Waals surface area contributed by atoms with Gasteiger partial charge in [0.15, 0.2) is 0 Å². The van der Waals surface area contributed by atoms with Crippen LogP contribution in [0.2, 0.25) is 0 Å². The van der Waals surface area contributed by atoms with E-state index in [9.17, 15) is 14.7 Å². The fourth-order valence-electron chi connectivity index (χ4n) is 1.89. The van der Waals surface area contributed by atoms with Crippen molar-refractivity contribution in [2.75, 3.05) is 6.61 Å². The van der Waals surface area contributed by atoms with Crippen molar-refractivity contribution in [3.05, 3.63) is 65.7 Å². The van der Waals surface area contributed by atoms with Gasteiger partial charge in [-0.1, -0.05) is 30.3 Å². The third kappa shape index (κ3) is 4.40. The average Bonchev–Trinajstić information content (AvgIpc) is 2.55. The summed E-state index contributed by atoms with van der Waals surface area (Å²) in [5, 5.41) is 11.9. The average molecular weight is 313 g/mol. The molecular weight excluding hydrogens is 294 g/mol. The molecule has 0 saturated heterocycles. The third-order valence-corrected chi connectivity index (χ3v) is 3.19. The highest BCUT2D eigenvalue weighted by Gasteiger charge is 2.23. The quantitative estimate of drug-likeness (QED) is 0.656. The van der Waals surface area contributed by atoms with E-state index >= 15 is 0 Å². The van der Waals surface area contributed by atoms with Gasteiger partial charge in [0.1, 0.15) is 5.75 Å². The van der Waals surface area contributed by atoms with Crippen molar-refractivity contribution >= 4 is 11.9 Å². The molecule has 0 aromatic heterocycles. The van der Waals surface area contributed by atoms with E-state index < -0.39 is 17.4 Å². The highest BCUT2D eigenvalue weighted by atomic mass is 16.5. The Bertz CT molecular complexity index is 695. The number of carbonyl (C=O) groups is 2. The van der Waals surface area contributed by atoms with Crippen molar-refractivity contribution < 1.29 is 19.4 Å². The molecule has 0 aliphatic rings. The minimum atomic E-state index is -0.770. The predicted octanol–water partition coefficient (Wildman–Crippen LogP) is 2.41. The lowest BCUT2D eigenvalue weighted by Gasteiger charge is -2.24. The molecular formula is C18H19NO4. The van der Waals surface area contributed by atoms with Crippen LogP contribution in [0.3, 0.4) is 0 Å². The number of nitrogens with one attached hydrogen (secondary N) is 1. The molecule has 2 aromatic carbocycles. The number of aliphatic hydroxyl groups excluding tert-OH is 1. The Labute approximate surface area is 134 Å². The maximum Gasteiger partial charge on any atom is 0.343 e. The summed E-state index contributed by atoms with van der Waals surface area (Å²) in [6.07, 6.45) is 0. The van der Waals surface area contributed by atoms with Crippen LogP contribution in [0, 0.1) is 0 Å². The number of esters is 1. The lowest BCUT2D eigenvalue weighted by molar-refractivity contribution is 0.0730. The summed E-state index contributed by atoms with van der Waals surface area (Å²) < 4.78 is 5.34. The summed E-state index contributed by atoms with van der Waals surface area (Å²) in [5.74, 6) is -0.777. The van der Waals surface area contributed by atoms with Crippen LogP contribution in [0.25, 0.3) is 0 Å². The second-order valence-electron chi connectivity index (χ2n) is 5.75. The fraction of sp³-hybridized carbons (Fsp3) is 0.222. The minimum Gasteiger partial charge on any atom is -0.422 e. The number of para-hydroxylation sites is 1. The summed E-state index contributed by atoms with van der Waals surface area (Å²) in [7, 11) is 0. The smallest absolute Gasteiger partial charge is 0.343 e. The summed E-state index contributed by atoms with van der Waals surface area (Å²) in [6, 6.07) is 15.0. The van der Waals surface area contributed by atoms with Gasteiger partial charge in [-0.3, -0.25) is 4.79 Å².